The molecule has 20 heavy (non-hydrogen) atoms. The van der Waals surface area contributed by atoms with E-state index in [1.807, 2.05) is 30.3 Å². The number of ether oxygens (including phenoxy) is 1. The molecule has 1 aliphatic heterocycles. The van der Waals surface area contributed by atoms with Gasteiger partial charge in [-0.15, -0.1) is 5.10 Å². The maximum absolute atomic E-state index is 12.1. The van der Waals surface area contributed by atoms with Crippen molar-refractivity contribution in [3.8, 4) is 5.69 Å². The minimum atomic E-state index is 0.0303. The highest BCUT2D eigenvalue weighted by molar-refractivity contribution is 5.93. The Balaban J connectivity index is 1.62. The fourth-order valence-corrected chi connectivity index (χ4v) is 2.37. The van der Waals surface area contributed by atoms with Crippen LogP contribution in [0.2, 0.25) is 0 Å². The van der Waals surface area contributed by atoms with E-state index in [9.17, 15) is 4.79 Å². The predicted molar refractivity (Wildman–Crippen MR) is 73.9 cm³/mol. The van der Waals surface area contributed by atoms with E-state index in [0.29, 0.717) is 12.1 Å². The molecule has 0 spiro atoms. The second-order valence-corrected chi connectivity index (χ2v) is 4.95. The molecule has 0 bridgehead atoms. The summed E-state index contributed by atoms with van der Waals surface area (Å²) in [5.74, 6) is 0.0303. The largest absolute Gasteiger partial charge is 0.378 e. The molecule has 0 aliphatic carbocycles. The van der Waals surface area contributed by atoms with Crippen LogP contribution in [0.4, 0.5) is 0 Å². The van der Waals surface area contributed by atoms with E-state index in [1.54, 1.807) is 0 Å². The Hall–Kier alpha value is -2.01. The van der Waals surface area contributed by atoms with E-state index < -0.39 is 0 Å². The number of Topliss-reactive ketones (excluding diaryl/α,β-unsaturated/α-hetero) is 1. The third-order valence-corrected chi connectivity index (χ3v) is 3.48. The number of carbonyl (C=O) groups excluding carboxylic acids is 1. The minimum absolute atomic E-state index is 0.0303. The average molecular weight is 271 g/mol. The molecule has 1 fully saturated rings. The maximum atomic E-state index is 12.1. The molecule has 0 saturated carbocycles. The van der Waals surface area contributed by atoms with Gasteiger partial charge in [-0.3, -0.25) is 4.79 Å². The number of para-hydroxylation sites is 1. The van der Waals surface area contributed by atoms with Crippen LogP contribution in [0.1, 0.15) is 36.2 Å². The molecule has 1 atom stereocenters. The Morgan fingerprint density at radius 2 is 2.20 bits per heavy atom. The van der Waals surface area contributed by atoms with Crippen LogP contribution in [0.5, 0.6) is 0 Å². The zero-order valence-electron chi connectivity index (χ0n) is 11.2. The minimum Gasteiger partial charge on any atom is -0.378 e. The van der Waals surface area contributed by atoms with Gasteiger partial charge in [-0.2, -0.15) is 9.90 Å². The van der Waals surface area contributed by atoms with Gasteiger partial charge in [0.25, 0.3) is 0 Å². The lowest BCUT2D eigenvalue weighted by Gasteiger charge is -2.06. The Morgan fingerprint density at radius 3 is 2.95 bits per heavy atom. The number of rotatable bonds is 5. The first-order valence-electron chi connectivity index (χ1n) is 6.95. The van der Waals surface area contributed by atoms with Gasteiger partial charge < -0.3 is 4.74 Å². The van der Waals surface area contributed by atoms with E-state index in [-0.39, 0.29) is 11.9 Å². The van der Waals surface area contributed by atoms with Gasteiger partial charge in [0.1, 0.15) is 5.69 Å². The van der Waals surface area contributed by atoms with Crippen LogP contribution in [0.25, 0.3) is 5.69 Å². The summed E-state index contributed by atoms with van der Waals surface area (Å²) >= 11 is 0. The summed E-state index contributed by atoms with van der Waals surface area (Å²) in [6.07, 6.45) is 5.18. The van der Waals surface area contributed by atoms with Crippen molar-refractivity contribution >= 4 is 5.78 Å². The number of aromatic nitrogens is 3. The lowest BCUT2D eigenvalue weighted by atomic mass is 10.1. The number of carbonyl (C=O) groups is 1. The SMILES string of the molecule is O=C(CCC1CCCO1)c1cnn(-c2ccccc2)n1. The molecule has 0 radical (unpaired) electrons. The van der Waals surface area contributed by atoms with E-state index in [4.69, 9.17) is 4.74 Å². The second-order valence-electron chi connectivity index (χ2n) is 4.95. The molecule has 2 aromatic rings. The first kappa shape index (κ1) is 13.0. The predicted octanol–water partition coefficient (Wildman–Crippen LogP) is 2.41. The Kier molecular flexibility index (Phi) is 3.87. The van der Waals surface area contributed by atoms with Crippen LogP contribution >= 0.6 is 0 Å². The quantitative estimate of drug-likeness (QED) is 0.784. The maximum Gasteiger partial charge on any atom is 0.184 e. The van der Waals surface area contributed by atoms with Gasteiger partial charge in [-0.05, 0) is 31.4 Å². The molecule has 2 heterocycles. The highest BCUT2D eigenvalue weighted by atomic mass is 16.5. The van der Waals surface area contributed by atoms with Crippen molar-refractivity contribution in [3.05, 3.63) is 42.2 Å². The molecule has 1 aliphatic rings. The van der Waals surface area contributed by atoms with Crippen LogP contribution in [0.3, 0.4) is 0 Å². The zero-order chi connectivity index (χ0) is 13.8. The van der Waals surface area contributed by atoms with E-state index in [1.165, 1.54) is 11.0 Å². The van der Waals surface area contributed by atoms with Crippen molar-refractivity contribution in [3.63, 3.8) is 0 Å². The summed E-state index contributed by atoms with van der Waals surface area (Å²) in [6.45, 7) is 0.822. The van der Waals surface area contributed by atoms with Gasteiger partial charge in [-0.1, -0.05) is 18.2 Å². The molecule has 0 N–H and O–H groups in total. The molecule has 104 valence electrons. The van der Waals surface area contributed by atoms with Gasteiger partial charge >= 0.3 is 0 Å². The zero-order valence-corrected chi connectivity index (χ0v) is 11.2. The topological polar surface area (TPSA) is 57.0 Å². The number of benzene rings is 1. The van der Waals surface area contributed by atoms with Crippen molar-refractivity contribution in [2.75, 3.05) is 6.61 Å². The van der Waals surface area contributed by atoms with Crippen LogP contribution in [-0.4, -0.2) is 33.5 Å². The lowest BCUT2D eigenvalue weighted by molar-refractivity contribution is 0.0855. The molecular formula is C15H17N3O2. The standard InChI is InChI=1S/C15H17N3O2/c19-15(9-8-13-7-4-10-20-13)14-11-16-18(17-14)12-5-2-1-3-6-12/h1-3,5-6,11,13H,4,7-10H2. The number of hydrogen-bond acceptors (Lipinski definition) is 4. The summed E-state index contributed by atoms with van der Waals surface area (Å²) < 4.78 is 5.52. The molecule has 1 unspecified atom stereocenters. The molecular weight excluding hydrogens is 254 g/mol. The first-order valence-corrected chi connectivity index (χ1v) is 6.95. The van der Waals surface area contributed by atoms with Crippen molar-refractivity contribution in [2.45, 2.75) is 31.8 Å². The van der Waals surface area contributed by atoms with Crippen molar-refractivity contribution < 1.29 is 9.53 Å². The van der Waals surface area contributed by atoms with Crippen LogP contribution in [0, 0.1) is 0 Å². The van der Waals surface area contributed by atoms with Crippen molar-refractivity contribution in [1.29, 1.82) is 0 Å². The number of ketones is 1. The second kappa shape index (κ2) is 5.96. The van der Waals surface area contributed by atoms with Crippen LogP contribution in [-0.2, 0) is 4.74 Å². The first-order chi connectivity index (χ1) is 9.83. The Labute approximate surface area is 117 Å². The van der Waals surface area contributed by atoms with Gasteiger partial charge in [0.15, 0.2) is 5.78 Å². The number of hydrogen-bond donors (Lipinski definition) is 0. The smallest absolute Gasteiger partial charge is 0.184 e. The normalized spacial score (nSPS) is 18.3. The third-order valence-electron chi connectivity index (χ3n) is 3.48. The van der Waals surface area contributed by atoms with Gasteiger partial charge in [0.05, 0.1) is 18.0 Å². The van der Waals surface area contributed by atoms with Gasteiger partial charge in [-0.25, -0.2) is 0 Å². The third kappa shape index (κ3) is 2.93. The summed E-state index contributed by atoms with van der Waals surface area (Å²) in [7, 11) is 0. The molecule has 5 heteroatoms. The summed E-state index contributed by atoms with van der Waals surface area (Å²) in [5, 5.41) is 8.38. The molecule has 3 rings (SSSR count). The molecule has 5 nitrogen and oxygen atoms in total. The fraction of sp³-hybridized carbons (Fsp3) is 0.400. The van der Waals surface area contributed by atoms with Gasteiger partial charge in [0, 0.05) is 13.0 Å². The fourth-order valence-electron chi connectivity index (χ4n) is 2.37. The summed E-state index contributed by atoms with van der Waals surface area (Å²) in [6, 6.07) is 9.57. The van der Waals surface area contributed by atoms with Crippen molar-refractivity contribution in [2.24, 2.45) is 0 Å². The summed E-state index contributed by atoms with van der Waals surface area (Å²) in [4.78, 5) is 13.6. The molecule has 1 saturated heterocycles. The van der Waals surface area contributed by atoms with Gasteiger partial charge in [0.2, 0.25) is 0 Å². The Bertz CT molecular complexity index is 574. The molecule has 1 aromatic carbocycles. The van der Waals surface area contributed by atoms with E-state index in [2.05, 4.69) is 10.2 Å². The molecule has 0 amide bonds. The average Bonchev–Trinajstić information content (AvgIpc) is 3.17. The highest BCUT2D eigenvalue weighted by Crippen LogP contribution is 2.18. The molecule has 1 aromatic heterocycles. The summed E-state index contributed by atoms with van der Waals surface area (Å²) in [5.41, 5.74) is 1.28. The van der Waals surface area contributed by atoms with Crippen molar-refractivity contribution in [1.82, 2.24) is 15.0 Å². The van der Waals surface area contributed by atoms with Crippen LogP contribution in [0.15, 0.2) is 36.5 Å². The monoisotopic (exact) mass is 271 g/mol. The van der Waals surface area contributed by atoms with E-state index in [0.717, 1.165) is 31.6 Å². The van der Waals surface area contributed by atoms with Crippen LogP contribution < -0.4 is 0 Å². The Morgan fingerprint density at radius 1 is 1.35 bits per heavy atom. The lowest BCUT2D eigenvalue weighted by Crippen LogP contribution is -2.09. The highest BCUT2D eigenvalue weighted by Gasteiger charge is 2.18. The number of nitrogens with zero attached hydrogens (tertiary/aromatic N) is 3. The van der Waals surface area contributed by atoms with E-state index >= 15 is 0 Å².